The summed E-state index contributed by atoms with van der Waals surface area (Å²) in [6.07, 6.45) is 2.85. The molecule has 1 N–H and O–H groups in total. The normalized spacial score (nSPS) is 25.4. The van der Waals surface area contributed by atoms with Crippen LogP contribution in [0.25, 0.3) is 0 Å². The lowest BCUT2D eigenvalue weighted by molar-refractivity contribution is -0.136. The molecule has 0 unspecified atom stereocenters. The van der Waals surface area contributed by atoms with E-state index in [0.29, 0.717) is 6.54 Å². The zero-order valence-electron chi connectivity index (χ0n) is 15.5. The fourth-order valence-corrected chi connectivity index (χ4v) is 4.40. The fraction of sp³-hybridized carbons (Fsp3) is 0.550. The predicted molar refractivity (Wildman–Crippen MR) is 98.4 cm³/mol. The Kier molecular flexibility index (Phi) is 5.59. The van der Waals surface area contributed by atoms with Gasteiger partial charge in [-0.3, -0.25) is 14.4 Å². The van der Waals surface area contributed by atoms with Crippen LogP contribution in [0.4, 0.5) is 0 Å². The van der Waals surface area contributed by atoms with Crippen LogP contribution < -0.4 is 5.32 Å². The molecule has 0 spiro atoms. The zero-order valence-corrected chi connectivity index (χ0v) is 15.5. The maximum atomic E-state index is 12.8. The van der Waals surface area contributed by atoms with Crippen molar-refractivity contribution in [2.24, 2.45) is 0 Å². The van der Waals surface area contributed by atoms with E-state index in [1.807, 2.05) is 28.0 Å². The van der Waals surface area contributed by atoms with Crippen molar-refractivity contribution in [2.75, 3.05) is 19.6 Å². The highest BCUT2D eigenvalue weighted by molar-refractivity contribution is 5.84. The summed E-state index contributed by atoms with van der Waals surface area (Å²) in [4.78, 5) is 40.1. The van der Waals surface area contributed by atoms with E-state index in [2.05, 4.69) is 17.4 Å². The zero-order chi connectivity index (χ0) is 18.7. The lowest BCUT2D eigenvalue weighted by atomic mass is 9.89. The first kappa shape index (κ1) is 18.4. The number of benzene rings is 1. The summed E-state index contributed by atoms with van der Waals surface area (Å²) < 4.78 is 0. The van der Waals surface area contributed by atoms with Crippen LogP contribution in [-0.2, 0) is 14.4 Å². The van der Waals surface area contributed by atoms with Crippen molar-refractivity contribution in [3.8, 4) is 0 Å². The summed E-state index contributed by atoms with van der Waals surface area (Å²) in [7, 11) is 0. The van der Waals surface area contributed by atoms with Crippen LogP contribution in [0.3, 0.4) is 0 Å². The lowest BCUT2D eigenvalue weighted by Crippen LogP contribution is -2.50. The van der Waals surface area contributed by atoms with E-state index in [-0.39, 0.29) is 42.3 Å². The second-order valence-corrected chi connectivity index (χ2v) is 7.24. The first-order valence-electron chi connectivity index (χ1n) is 9.35. The summed E-state index contributed by atoms with van der Waals surface area (Å²) in [6, 6.07) is 10.1. The van der Waals surface area contributed by atoms with Crippen molar-refractivity contribution in [3.05, 3.63) is 35.9 Å². The molecule has 0 bridgehead atoms. The molecule has 2 saturated heterocycles. The van der Waals surface area contributed by atoms with Gasteiger partial charge in [0.15, 0.2) is 0 Å². The maximum absolute atomic E-state index is 12.8. The Labute approximate surface area is 154 Å². The number of rotatable bonds is 3. The lowest BCUT2D eigenvalue weighted by Gasteiger charge is -2.34. The van der Waals surface area contributed by atoms with Gasteiger partial charge in [0.05, 0.1) is 18.6 Å². The summed E-state index contributed by atoms with van der Waals surface area (Å²) in [5, 5.41) is 2.61. The maximum Gasteiger partial charge on any atom is 0.242 e. The number of likely N-dealkylation sites (tertiary alicyclic amines) is 2. The smallest absolute Gasteiger partial charge is 0.242 e. The number of carbonyl (C=O) groups is 3. The van der Waals surface area contributed by atoms with E-state index in [9.17, 15) is 14.4 Å². The quantitative estimate of drug-likeness (QED) is 0.892. The Morgan fingerprint density at radius 3 is 2.46 bits per heavy atom. The van der Waals surface area contributed by atoms with Gasteiger partial charge in [-0.15, -0.1) is 0 Å². The molecule has 2 fully saturated rings. The second-order valence-electron chi connectivity index (χ2n) is 7.24. The predicted octanol–water partition coefficient (Wildman–Crippen LogP) is 1.52. The van der Waals surface area contributed by atoms with Gasteiger partial charge in [0, 0.05) is 32.9 Å². The first-order chi connectivity index (χ1) is 12.5. The van der Waals surface area contributed by atoms with Gasteiger partial charge in [-0.2, -0.15) is 0 Å². The number of hydrogen-bond acceptors (Lipinski definition) is 3. The molecule has 3 atom stereocenters. The molecule has 0 aliphatic carbocycles. The first-order valence-corrected chi connectivity index (χ1v) is 9.35. The van der Waals surface area contributed by atoms with E-state index in [1.54, 1.807) is 6.92 Å². The molecule has 0 radical (unpaired) electrons. The van der Waals surface area contributed by atoms with Crippen LogP contribution >= 0.6 is 0 Å². The van der Waals surface area contributed by atoms with Crippen LogP contribution in [0.5, 0.6) is 0 Å². The van der Waals surface area contributed by atoms with E-state index in [4.69, 9.17) is 0 Å². The summed E-state index contributed by atoms with van der Waals surface area (Å²) in [5.41, 5.74) is 1.16. The average molecular weight is 357 g/mol. The molecule has 2 aliphatic rings. The fourth-order valence-electron chi connectivity index (χ4n) is 4.40. The standard InChI is InChI=1S/C20H27N3O3/c1-14(24)21-12-19(26)23-13-17(16-8-4-3-5-9-16)20-18(23)10-6-7-11-22(20)15(2)25/h3-5,8-9,17-18,20H,6-7,10-13H2,1-2H3,(H,21,24)/t17-,18-,20-/m0/s1. The summed E-state index contributed by atoms with van der Waals surface area (Å²) >= 11 is 0. The molecule has 0 aromatic heterocycles. The van der Waals surface area contributed by atoms with Crippen molar-refractivity contribution in [1.29, 1.82) is 0 Å². The van der Waals surface area contributed by atoms with E-state index in [0.717, 1.165) is 31.4 Å². The third-order valence-corrected chi connectivity index (χ3v) is 5.55. The van der Waals surface area contributed by atoms with E-state index in [1.165, 1.54) is 6.92 Å². The van der Waals surface area contributed by atoms with Gasteiger partial charge >= 0.3 is 0 Å². The Bertz CT molecular complexity index is 676. The molecule has 26 heavy (non-hydrogen) atoms. The molecule has 140 valence electrons. The Morgan fingerprint density at radius 2 is 1.81 bits per heavy atom. The monoisotopic (exact) mass is 357 g/mol. The highest BCUT2D eigenvalue weighted by Crippen LogP contribution is 2.39. The second kappa shape index (κ2) is 7.89. The summed E-state index contributed by atoms with van der Waals surface area (Å²) in [6.45, 7) is 4.37. The van der Waals surface area contributed by atoms with Gasteiger partial charge < -0.3 is 15.1 Å². The van der Waals surface area contributed by atoms with Gasteiger partial charge in [-0.05, 0) is 24.8 Å². The van der Waals surface area contributed by atoms with Crippen molar-refractivity contribution in [2.45, 2.75) is 51.1 Å². The van der Waals surface area contributed by atoms with Crippen LogP contribution in [-0.4, -0.2) is 59.2 Å². The largest absolute Gasteiger partial charge is 0.347 e. The molecule has 3 amide bonds. The third kappa shape index (κ3) is 3.74. The Morgan fingerprint density at radius 1 is 1.08 bits per heavy atom. The molecule has 2 aliphatic heterocycles. The van der Waals surface area contributed by atoms with Crippen molar-refractivity contribution in [3.63, 3.8) is 0 Å². The van der Waals surface area contributed by atoms with Gasteiger partial charge in [0.25, 0.3) is 0 Å². The number of nitrogens with one attached hydrogen (secondary N) is 1. The van der Waals surface area contributed by atoms with Crippen molar-refractivity contribution in [1.82, 2.24) is 15.1 Å². The number of carbonyl (C=O) groups excluding carboxylic acids is 3. The van der Waals surface area contributed by atoms with Gasteiger partial charge in [-0.1, -0.05) is 30.3 Å². The minimum atomic E-state index is -0.208. The van der Waals surface area contributed by atoms with Crippen molar-refractivity contribution >= 4 is 17.7 Å². The molecular formula is C20H27N3O3. The highest BCUT2D eigenvalue weighted by Gasteiger charge is 2.48. The Balaban J connectivity index is 1.92. The van der Waals surface area contributed by atoms with E-state index >= 15 is 0 Å². The minimum absolute atomic E-state index is 0.00122. The average Bonchev–Trinajstić information content (AvgIpc) is 2.85. The number of amides is 3. The van der Waals surface area contributed by atoms with E-state index < -0.39 is 0 Å². The van der Waals surface area contributed by atoms with Gasteiger partial charge in [-0.25, -0.2) is 0 Å². The molecule has 1 aromatic carbocycles. The van der Waals surface area contributed by atoms with Crippen LogP contribution in [0, 0.1) is 0 Å². The number of fused-ring (bicyclic) bond motifs is 1. The highest BCUT2D eigenvalue weighted by atomic mass is 16.2. The van der Waals surface area contributed by atoms with Gasteiger partial charge in [0.1, 0.15) is 0 Å². The molecular weight excluding hydrogens is 330 g/mol. The summed E-state index contributed by atoms with van der Waals surface area (Å²) in [5.74, 6) is -0.109. The van der Waals surface area contributed by atoms with Crippen molar-refractivity contribution < 1.29 is 14.4 Å². The molecule has 1 aromatic rings. The van der Waals surface area contributed by atoms with Crippen LogP contribution in [0.15, 0.2) is 30.3 Å². The molecule has 0 saturated carbocycles. The number of nitrogens with zero attached hydrogens (tertiary/aromatic N) is 2. The molecule has 6 nitrogen and oxygen atoms in total. The van der Waals surface area contributed by atoms with Crippen LogP contribution in [0.1, 0.15) is 44.6 Å². The van der Waals surface area contributed by atoms with Crippen LogP contribution in [0.2, 0.25) is 0 Å². The molecule has 6 heteroatoms. The van der Waals surface area contributed by atoms with Gasteiger partial charge in [0.2, 0.25) is 17.7 Å². The minimum Gasteiger partial charge on any atom is -0.347 e. The third-order valence-electron chi connectivity index (χ3n) is 5.55. The Hall–Kier alpha value is -2.37. The topological polar surface area (TPSA) is 69.7 Å². The number of hydrogen-bond donors (Lipinski definition) is 1. The molecule has 2 heterocycles. The molecule has 3 rings (SSSR count). The SMILES string of the molecule is CC(=O)NCC(=O)N1C[C@@H](c2ccccc2)[C@H]2[C@@H]1CCCCN2C(C)=O.